The van der Waals surface area contributed by atoms with Gasteiger partial charge in [0.25, 0.3) is 0 Å². The van der Waals surface area contributed by atoms with Crippen molar-refractivity contribution in [3.05, 3.63) is 40.7 Å². The maximum absolute atomic E-state index is 11.6. The predicted molar refractivity (Wildman–Crippen MR) is 67.7 cm³/mol. The molecule has 0 aliphatic carbocycles. The Morgan fingerprint density at radius 1 is 1.44 bits per heavy atom. The first kappa shape index (κ1) is 12.1. The second kappa shape index (κ2) is 4.51. The van der Waals surface area contributed by atoms with Gasteiger partial charge in [-0.2, -0.15) is 10.4 Å². The number of hydrogen-bond acceptors (Lipinski definition) is 4. The first-order valence-corrected chi connectivity index (χ1v) is 5.48. The van der Waals surface area contributed by atoms with Crippen LogP contribution in [0.5, 0.6) is 0 Å². The molecule has 2 rings (SSSR count). The van der Waals surface area contributed by atoms with Gasteiger partial charge in [-0.3, -0.25) is 4.79 Å². The molecule has 5 nitrogen and oxygen atoms in total. The highest BCUT2D eigenvalue weighted by molar-refractivity contribution is 6.30. The average molecular weight is 261 g/mol. The topological polar surface area (TPSA) is 84.7 Å². The van der Waals surface area contributed by atoms with Crippen molar-refractivity contribution in [2.24, 2.45) is 0 Å². The zero-order valence-electron chi connectivity index (χ0n) is 9.51. The standard InChI is InChI=1S/C12H9ClN4O/c1-7(18)12-11(15)10(6-14)16-17(12)9-4-2-8(13)3-5-9/h2-5H,15H2,1H3. The number of halogens is 1. The van der Waals surface area contributed by atoms with Gasteiger partial charge in [-0.15, -0.1) is 0 Å². The van der Waals surface area contributed by atoms with Gasteiger partial charge in [-0.05, 0) is 24.3 Å². The van der Waals surface area contributed by atoms with Crippen LogP contribution in [-0.2, 0) is 0 Å². The molecule has 0 bridgehead atoms. The summed E-state index contributed by atoms with van der Waals surface area (Å²) in [5, 5.41) is 13.5. The highest BCUT2D eigenvalue weighted by atomic mass is 35.5. The molecule has 1 aromatic heterocycles. The Bertz CT molecular complexity index is 652. The number of anilines is 1. The maximum Gasteiger partial charge on any atom is 0.186 e. The second-order valence-electron chi connectivity index (χ2n) is 3.67. The van der Waals surface area contributed by atoms with Crippen LogP contribution < -0.4 is 5.73 Å². The number of nitrogen functional groups attached to an aromatic ring is 1. The first-order chi connectivity index (χ1) is 8.54. The van der Waals surface area contributed by atoms with E-state index in [2.05, 4.69) is 5.10 Å². The highest BCUT2D eigenvalue weighted by Crippen LogP contribution is 2.22. The van der Waals surface area contributed by atoms with E-state index in [9.17, 15) is 4.79 Å². The van der Waals surface area contributed by atoms with Crippen molar-refractivity contribution in [2.45, 2.75) is 6.92 Å². The number of benzene rings is 1. The summed E-state index contributed by atoms with van der Waals surface area (Å²) in [4.78, 5) is 11.6. The number of carbonyl (C=O) groups is 1. The lowest BCUT2D eigenvalue weighted by Crippen LogP contribution is -2.07. The summed E-state index contributed by atoms with van der Waals surface area (Å²) in [6.07, 6.45) is 0. The third-order valence-electron chi connectivity index (χ3n) is 2.43. The Kier molecular flexibility index (Phi) is 3.04. The summed E-state index contributed by atoms with van der Waals surface area (Å²) in [5.74, 6) is -0.253. The van der Waals surface area contributed by atoms with Crippen molar-refractivity contribution in [1.29, 1.82) is 5.26 Å². The monoisotopic (exact) mass is 260 g/mol. The van der Waals surface area contributed by atoms with Crippen LogP contribution in [0.4, 0.5) is 5.69 Å². The lowest BCUT2D eigenvalue weighted by Gasteiger charge is -2.05. The lowest BCUT2D eigenvalue weighted by atomic mass is 10.2. The molecule has 18 heavy (non-hydrogen) atoms. The van der Waals surface area contributed by atoms with Crippen LogP contribution in [0.3, 0.4) is 0 Å². The highest BCUT2D eigenvalue weighted by Gasteiger charge is 2.19. The second-order valence-corrected chi connectivity index (χ2v) is 4.10. The normalized spacial score (nSPS) is 10.1. The summed E-state index contributed by atoms with van der Waals surface area (Å²) in [6.45, 7) is 1.38. The van der Waals surface area contributed by atoms with Crippen molar-refractivity contribution in [1.82, 2.24) is 9.78 Å². The molecule has 1 heterocycles. The van der Waals surface area contributed by atoms with Crippen molar-refractivity contribution in [3.63, 3.8) is 0 Å². The number of hydrogen-bond donors (Lipinski definition) is 1. The van der Waals surface area contributed by atoms with Crippen LogP contribution in [-0.4, -0.2) is 15.6 Å². The van der Waals surface area contributed by atoms with E-state index < -0.39 is 0 Å². The fraction of sp³-hybridized carbons (Fsp3) is 0.0833. The predicted octanol–water partition coefficient (Wildman–Crippen LogP) is 2.18. The van der Waals surface area contributed by atoms with E-state index in [0.29, 0.717) is 10.7 Å². The van der Waals surface area contributed by atoms with Crippen molar-refractivity contribution >= 4 is 23.1 Å². The van der Waals surface area contributed by atoms with E-state index in [4.69, 9.17) is 22.6 Å². The zero-order valence-corrected chi connectivity index (χ0v) is 10.3. The van der Waals surface area contributed by atoms with E-state index in [1.165, 1.54) is 11.6 Å². The summed E-state index contributed by atoms with van der Waals surface area (Å²) in [7, 11) is 0. The Hall–Kier alpha value is -2.32. The van der Waals surface area contributed by atoms with Crippen LogP contribution >= 0.6 is 11.6 Å². The molecular formula is C12H9ClN4O. The smallest absolute Gasteiger partial charge is 0.186 e. The molecule has 0 fully saturated rings. The van der Waals surface area contributed by atoms with E-state index in [1.807, 2.05) is 6.07 Å². The van der Waals surface area contributed by atoms with E-state index in [0.717, 1.165) is 0 Å². The van der Waals surface area contributed by atoms with Crippen molar-refractivity contribution in [2.75, 3.05) is 5.73 Å². The Morgan fingerprint density at radius 3 is 2.56 bits per heavy atom. The number of rotatable bonds is 2. The van der Waals surface area contributed by atoms with Gasteiger partial charge in [-0.1, -0.05) is 11.6 Å². The fourth-order valence-corrected chi connectivity index (χ4v) is 1.75. The number of nitrogens with zero attached hydrogens (tertiary/aromatic N) is 3. The third-order valence-corrected chi connectivity index (χ3v) is 2.68. The SMILES string of the molecule is CC(=O)c1c(N)c(C#N)nn1-c1ccc(Cl)cc1. The average Bonchev–Trinajstić information content (AvgIpc) is 2.67. The molecule has 0 radical (unpaired) electrons. The van der Waals surface area contributed by atoms with Gasteiger partial charge < -0.3 is 5.73 Å². The summed E-state index contributed by atoms with van der Waals surface area (Å²) in [6, 6.07) is 8.59. The van der Waals surface area contributed by atoms with Gasteiger partial charge in [0.1, 0.15) is 17.5 Å². The van der Waals surface area contributed by atoms with Crippen LogP contribution in [0.25, 0.3) is 5.69 Å². The van der Waals surface area contributed by atoms with Gasteiger partial charge in [0.2, 0.25) is 0 Å². The van der Waals surface area contributed by atoms with E-state index in [-0.39, 0.29) is 22.9 Å². The molecule has 0 atom stereocenters. The summed E-state index contributed by atoms with van der Waals surface area (Å²) < 4.78 is 1.35. The largest absolute Gasteiger partial charge is 0.394 e. The molecule has 0 amide bonds. The molecule has 6 heteroatoms. The Labute approximate surface area is 108 Å². The number of carbonyl (C=O) groups excluding carboxylic acids is 1. The van der Waals surface area contributed by atoms with Crippen LogP contribution in [0, 0.1) is 11.3 Å². The number of Topliss-reactive ketones (excluding diaryl/α,β-unsaturated/α-hetero) is 1. The van der Waals surface area contributed by atoms with Crippen LogP contribution in [0.15, 0.2) is 24.3 Å². The molecular weight excluding hydrogens is 252 g/mol. The molecule has 0 unspecified atom stereocenters. The lowest BCUT2D eigenvalue weighted by molar-refractivity contribution is 0.101. The number of nitriles is 1. The van der Waals surface area contributed by atoms with Gasteiger partial charge in [0, 0.05) is 11.9 Å². The van der Waals surface area contributed by atoms with Crippen LogP contribution in [0.1, 0.15) is 23.1 Å². The Balaban J connectivity index is 2.68. The minimum absolute atomic E-state index is 0.0372. The molecule has 2 N–H and O–H groups in total. The zero-order chi connectivity index (χ0) is 13.3. The fourth-order valence-electron chi connectivity index (χ4n) is 1.62. The van der Waals surface area contributed by atoms with Crippen molar-refractivity contribution in [3.8, 4) is 11.8 Å². The molecule has 1 aromatic carbocycles. The number of ketones is 1. The molecule has 0 saturated heterocycles. The summed E-state index contributed by atoms with van der Waals surface area (Å²) >= 11 is 5.79. The minimum atomic E-state index is -0.253. The molecule has 0 aliphatic heterocycles. The van der Waals surface area contributed by atoms with Gasteiger partial charge in [0.05, 0.1) is 5.69 Å². The first-order valence-electron chi connectivity index (χ1n) is 5.10. The molecule has 2 aromatic rings. The van der Waals surface area contributed by atoms with Gasteiger partial charge in [0.15, 0.2) is 11.5 Å². The van der Waals surface area contributed by atoms with Crippen LogP contribution in [0.2, 0.25) is 5.02 Å². The quantitative estimate of drug-likeness (QED) is 0.839. The van der Waals surface area contributed by atoms with E-state index >= 15 is 0 Å². The van der Waals surface area contributed by atoms with Gasteiger partial charge in [-0.25, -0.2) is 4.68 Å². The maximum atomic E-state index is 11.6. The minimum Gasteiger partial charge on any atom is -0.394 e. The molecule has 0 aliphatic rings. The molecule has 0 saturated carbocycles. The number of nitrogens with two attached hydrogens (primary N) is 1. The molecule has 0 spiro atoms. The molecule has 90 valence electrons. The Morgan fingerprint density at radius 2 is 2.06 bits per heavy atom. The van der Waals surface area contributed by atoms with Crippen molar-refractivity contribution < 1.29 is 4.79 Å². The third kappa shape index (κ3) is 1.94. The van der Waals surface area contributed by atoms with E-state index in [1.54, 1.807) is 24.3 Å². The number of aromatic nitrogens is 2. The summed E-state index contributed by atoms with van der Waals surface area (Å²) in [5.41, 5.74) is 6.69. The van der Waals surface area contributed by atoms with Gasteiger partial charge >= 0.3 is 0 Å².